The van der Waals surface area contributed by atoms with Crippen LogP contribution in [0, 0.1) is 0 Å². The lowest BCUT2D eigenvalue weighted by atomic mass is 10.00. The number of benzene rings is 1. The molecule has 31 heavy (non-hydrogen) atoms. The Morgan fingerprint density at radius 1 is 1.26 bits per heavy atom. The average molecular weight is 426 g/mol. The standard InChI is InChI=1S/C22H26N4O5/c1-15(27)25(9-10-29-3)13-22(28)26-19(12-17(23-26)18-5-4-8-24(18)2)16-6-7-20-21(11-16)31-14-30-20/h4-8,11,19H,9-10,12-14H2,1-3H3/t19-/m1/s1. The van der Waals surface area contributed by atoms with E-state index in [1.165, 1.54) is 16.8 Å². The Morgan fingerprint density at radius 3 is 2.77 bits per heavy atom. The van der Waals surface area contributed by atoms with E-state index in [9.17, 15) is 9.59 Å². The molecule has 0 bridgehead atoms. The minimum atomic E-state index is -0.303. The van der Waals surface area contributed by atoms with Gasteiger partial charge in [0.25, 0.3) is 5.91 Å². The molecule has 2 aromatic rings. The number of fused-ring (bicyclic) bond motifs is 1. The molecule has 164 valence electrons. The van der Waals surface area contributed by atoms with Gasteiger partial charge >= 0.3 is 0 Å². The zero-order valence-electron chi connectivity index (χ0n) is 17.9. The summed E-state index contributed by atoms with van der Waals surface area (Å²) in [7, 11) is 3.51. The van der Waals surface area contributed by atoms with Gasteiger partial charge in [0.05, 0.1) is 24.1 Å². The van der Waals surface area contributed by atoms with E-state index in [-0.39, 0.29) is 31.2 Å². The van der Waals surface area contributed by atoms with Gasteiger partial charge in [-0.3, -0.25) is 9.59 Å². The number of hydrazone groups is 1. The number of methoxy groups -OCH3 is 1. The molecule has 0 saturated carbocycles. The molecule has 1 aromatic carbocycles. The number of aryl methyl sites for hydroxylation is 1. The molecule has 0 aliphatic carbocycles. The Balaban J connectivity index is 1.63. The zero-order chi connectivity index (χ0) is 22.0. The number of ether oxygens (including phenoxy) is 3. The van der Waals surface area contributed by atoms with Crippen molar-refractivity contribution in [1.82, 2.24) is 14.5 Å². The van der Waals surface area contributed by atoms with Gasteiger partial charge in [-0.25, -0.2) is 5.01 Å². The van der Waals surface area contributed by atoms with Crippen LogP contribution in [0.3, 0.4) is 0 Å². The molecule has 2 amide bonds. The van der Waals surface area contributed by atoms with Crippen molar-refractivity contribution in [2.24, 2.45) is 12.1 Å². The number of amides is 2. The summed E-state index contributed by atoms with van der Waals surface area (Å²) in [6, 6.07) is 9.29. The summed E-state index contributed by atoms with van der Waals surface area (Å²) >= 11 is 0. The van der Waals surface area contributed by atoms with E-state index in [0.29, 0.717) is 31.1 Å². The number of rotatable bonds is 7. The molecule has 9 heteroatoms. The van der Waals surface area contributed by atoms with Crippen LogP contribution in [0.15, 0.2) is 41.6 Å². The molecule has 1 aromatic heterocycles. The van der Waals surface area contributed by atoms with Gasteiger partial charge in [0.1, 0.15) is 6.54 Å². The lowest BCUT2D eigenvalue weighted by Crippen LogP contribution is -2.41. The molecule has 0 radical (unpaired) electrons. The van der Waals surface area contributed by atoms with Crippen LogP contribution in [0.2, 0.25) is 0 Å². The number of nitrogens with zero attached hydrogens (tertiary/aromatic N) is 4. The van der Waals surface area contributed by atoms with E-state index in [1.54, 1.807) is 7.11 Å². The average Bonchev–Trinajstić information content (AvgIpc) is 3.48. The lowest BCUT2D eigenvalue weighted by molar-refractivity contribution is -0.141. The van der Waals surface area contributed by atoms with Crippen LogP contribution < -0.4 is 9.47 Å². The highest BCUT2D eigenvalue weighted by Crippen LogP contribution is 2.39. The maximum Gasteiger partial charge on any atom is 0.262 e. The van der Waals surface area contributed by atoms with Crippen molar-refractivity contribution in [3.63, 3.8) is 0 Å². The Hall–Kier alpha value is -3.33. The number of aromatic nitrogens is 1. The summed E-state index contributed by atoms with van der Waals surface area (Å²) in [6.07, 6.45) is 2.50. The quantitative estimate of drug-likeness (QED) is 0.675. The second kappa shape index (κ2) is 8.81. The highest BCUT2D eigenvalue weighted by atomic mass is 16.7. The van der Waals surface area contributed by atoms with Crippen LogP contribution in [0.4, 0.5) is 0 Å². The third-order valence-corrected chi connectivity index (χ3v) is 5.52. The second-order valence-corrected chi connectivity index (χ2v) is 7.56. The molecule has 2 aliphatic rings. The molecule has 1 atom stereocenters. The summed E-state index contributed by atoms with van der Waals surface area (Å²) in [5.41, 5.74) is 2.66. The van der Waals surface area contributed by atoms with E-state index in [2.05, 4.69) is 5.10 Å². The summed E-state index contributed by atoms with van der Waals surface area (Å²) in [6.45, 7) is 2.26. The number of carbonyl (C=O) groups is 2. The Morgan fingerprint density at radius 2 is 2.06 bits per heavy atom. The Kier molecular flexibility index (Phi) is 5.94. The van der Waals surface area contributed by atoms with Crippen molar-refractivity contribution >= 4 is 17.5 Å². The molecule has 0 N–H and O–H groups in total. The van der Waals surface area contributed by atoms with Gasteiger partial charge in [-0.2, -0.15) is 5.10 Å². The van der Waals surface area contributed by atoms with E-state index in [1.807, 2.05) is 48.1 Å². The first-order valence-electron chi connectivity index (χ1n) is 10.1. The molecule has 9 nitrogen and oxygen atoms in total. The van der Waals surface area contributed by atoms with Gasteiger partial charge in [-0.15, -0.1) is 0 Å². The highest BCUT2D eigenvalue weighted by molar-refractivity contribution is 6.02. The van der Waals surface area contributed by atoms with Gasteiger partial charge < -0.3 is 23.7 Å². The zero-order valence-corrected chi connectivity index (χ0v) is 17.9. The van der Waals surface area contributed by atoms with Crippen LogP contribution in [0.5, 0.6) is 11.5 Å². The van der Waals surface area contributed by atoms with Crippen LogP contribution in [-0.4, -0.2) is 65.6 Å². The third kappa shape index (κ3) is 4.27. The fourth-order valence-electron chi connectivity index (χ4n) is 3.82. The minimum absolute atomic E-state index is 0.0658. The van der Waals surface area contributed by atoms with Gasteiger partial charge in [-0.1, -0.05) is 6.07 Å². The van der Waals surface area contributed by atoms with Gasteiger partial charge in [-0.05, 0) is 29.8 Å². The molecule has 4 rings (SSSR count). The van der Waals surface area contributed by atoms with Crippen molar-refractivity contribution in [3.05, 3.63) is 47.8 Å². The van der Waals surface area contributed by atoms with Crippen LogP contribution in [0.25, 0.3) is 0 Å². The van der Waals surface area contributed by atoms with Crippen LogP contribution >= 0.6 is 0 Å². The first kappa shape index (κ1) is 20.9. The molecule has 3 heterocycles. The predicted molar refractivity (Wildman–Crippen MR) is 113 cm³/mol. The van der Waals surface area contributed by atoms with Gasteiger partial charge in [0, 0.05) is 40.2 Å². The maximum atomic E-state index is 13.3. The number of hydrogen-bond donors (Lipinski definition) is 0. The molecule has 0 unspecified atom stereocenters. The molecule has 0 fully saturated rings. The fraction of sp³-hybridized carbons (Fsp3) is 0.409. The number of hydrogen-bond acceptors (Lipinski definition) is 6. The minimum Gasteiger partial charge on any atom is -0.454 e. The normalized spacial score (nSPS) is 17.1. The van der Waals surface area contributed by atoms with Crippen molar-refractivity contribution in [3.8, 4) is 11.5 Å². The van der Waals surface area contributed by atoms with Crippen molar-refractivity contribution in [2.45, 2.75) is 19.4 Å². The van der Waals surface area contributed by atoms with Crippen molar-refractivity contribution in [1.29, 1.82) is 0 Å². The van der Waals surface area contributed by atoms with Gasteiger partial charge in [0.15, 0.2) is 11.5 Å². The summed E-state index contributed by atoms with van der Waals surface area (Å²) in [5, 5.41) is 6.16. The molecule has 2 aliphatic heterocycles. The van der Waals surface area contributed by atoms with Gasteiger partial charge in [0.2, 0.25) is 12.7 Å². The van der Waals surface area contributed by atoms with E-state index in [4.69, 9.17) is 14.2 Å². The predicted octanol–water partition coefficient (Wildman–Crippen LogP) is 1.93. The first-order chi connectivity index (χ1) is 15.0. The summed E-state index contributed by atoms with van der Waals surface area (Å²) < 4.78 is 18.0. The third-order valence-electron chi connectivity index (χ3n) is 5.52. The summed E-state index contributed by atoms with van der Waals surface area (Å²) in [4.78, 5) is 26.7. The molecular formula is C22H26N4O5. The molecular weight excluding hydrogens is 400 g/mol. The summed E-state index contributed by atoms with van der Waals surface area (Å²) in [5.74, 6) is 0.905. The molecule has 0 spiro atoms. The highest BCUT2D eigenvalue weighted by Gasteiger charge is 2.35. The second-order valence-electron chi connectivity index (χ2n) is 7.56. The van der Waals surface area contributed by atoms with Crippen molar-refractivity contribution < 1.29 is 23.8 Å². The molecule has 0 saturated heterocycles. The largest absolute Gasteiger partial charge is 0.454 e. The monoisotopic (exact) mass is 426 g/mol. The van der Waals surface area contributed by atoms with Crippen LogP contribution in [0.1, 0.15) is 30.6 Å². The smallest absolute Gasteiger partial charge is 0.262 e. The Bertz CT molecular complexity index is 1020. The maximum absolute atomic E-state index is 13.3. The van der Waals surface area contributed by atoms with E-state index < -0.39 is 0 Å². The number of carbonyl (C=O) groups excluding carboxylic acids is 2. The SMILES string of the molecule is COCCN(CC(=O)N1N=C(c2cccn2C)C[C@@H]1c1ccc2c(c1)OCO2)C(C)=O. The topological polar surface area (TPSA) is 85.6 Å². The van der Waals surface area contributed by atoms with E-state index >= 15 is 0 Å². The van der Waals surface area contributed by atoms with E-state index in [0.717, 1.165) is 17.0 Å². The fourth-order valence-corrected chi connectivity index (χ4v) is 3.82. The first-order valence-corrected chi connectivity index (χ1v) is 10.1. The van der Waals surface area contributed by atoms with Crippen LogP contribution in [-0.2, 0) is 21.4 Å². The lowest BCUT2D eigenvalue weighted by Gasteiger charge is -2.26. The van der Waals surface area contributed by atoms with Crippen molar-refractivity contribution in [2.75, 3.05) is 33.6 Å². The Labute approximate surface area is 180 Å².